The van der Waals surface area contributed by atoms with Gasteiger partial charge in [0.05, 0.1) is 5.56 Å². The fourth-order valence-corrected chi connectivity index (χ4v) is 3.67. The largest absolute Gasteiger partial charge is 0.449 e. The van der Waals surface area contributed by atoms with Crippen LogP contribution in [0.15, 0.2) is 73.1 Å². The lowest BCUT2D eigenvalue weighted by Crippen LogP contribution is -2.43. The average Bonchev–Trinajstić information content (AvgIpc) is 3.27. The van der Waals surface area contributed by atoms with Crippen LogP contribution in [0.4, 0.5) is 0 Å². The van der Waals surface area contributed by atoms with Crippen LogP contribution in [-0.4, -0.2) is 39.9 Å². The Labute approximate surface area is 185 Å². The van der Waals surface area contributed by atoms with Crippen LogP contribution in [0.1, 0.15) is 40.0 Å². The van der Waals surface area contributed by atoms with E-state index in [9.17, 15) is 14.4 Å². The predicted octanol–water partition coefficient (Wildman–Crippen LogP) is 4.51. The monoisotopic (exact) mass is 436 g/mol. The van der Waals surface area contributed by atoms with Crippen LogP contribution in [0.5, 0.6) is 0 Å². The Morgan fingerprint density at radius 1 is 0.903 bits per heavy atom. The number of carbonyl (C=O) groups excluding carboxylic acids is 3. The molecule has 1 unspecified atom stereocenters. The van der Waals surface area contributed by atoms with Crippen LogP contribution in [0.2, 0.25) is 5.02 Å². The molecule has 6 nitrogen and oxygen atoms in total. The summed E-state index contributed by atoms with van der Waals surface area (Å²) in [7, 11) is 0. The molecule has 0 aliphatic carbocycles. The first kappa shape index (κ1) is 20.9. The zero-order valence-corrected chi connectivity index (χ0v) is 17.5. The number of carbonyl (C=O) groups is 3. The van der Waals surface area contributed by atoms with E-state index in [2.05, 4.69) is 0 Å². The molecule has 2 heterocycles. The third-order valence-electron chi connectivity index (χ3n) is 5.23. The number of rotatable bonds is 4. The molecule has 0 N–H and O–H groups in total. The van der Waals surface area contributed by atoms with Crippen molar-refractivity contribution in [2.24, 2.45) is 0 Å². The highest BCUT2D eigenvalue weighted by Crippen LogP contribution is 2.20. The van der Waals surface area contributed by atoms with Crippen LogP contribution in [0.25, 0.3) is 5.69 Å². The highest BCUT2D eigenvalue weighted by atomic mass is 35.5. The lowest BCUT2D eigenvalue weighted by Gasteiger charge is -2.23. The first-order chi connectivity index (χ1) is 15.0. The first-order valence-corrected chi connectivity index (χ1v) is 10.5. The van der Waals surface area contributed by atoms with E-state index in [0.29, 0.717) is 42.0 Å². The molecule has 0 spiro atoms. The SMILES string of the molecule is O=C(OC1CCCCN(C(=O)c2ccc(Cl)cc2)C1=O)c1ccc(-n2cccc2)cc1. The summed E-state index contributed by atoms with van der Waals surface area (Å²) in [6.07, 6.45) is 4.55. The molecule has 31 heavy (non-hydrogen) atoms. The third-order valence-corrected chi connectivity index (χ3v) is 5.48. The topological polar surface area (TPSA) is 68.6 Å². The van der Waals surface area contributed by atoms with Crippen molar-refractivity contribution in [3.8, 4) is 5.69 Å². The normalized spacial score (nSPS) is 16.6. The number of hydrogen-bond donors (Lipinski definition) is 0. The van der Waals surface area contributed by atoms with Crippen LogP contribution in [0.3, 0.4) is 0 Å². The Hall–Kier alpha value is -3.38. The maximum Gasteiger partial charge on any atom is 0.338 e. The van der Waals surface area contributed by atoms with Gasteiger partial charge in [-0.15, -0.1) is 0 Å². The second-order valence-electron chi connectivity index (χ2n) is 7.33. The molecule has 1 fully saturated rings. The Morgan fingerprint density at radius 2 is 1.55 bits per heavy atom. The molecule has 1 atom stereocenters. The van der Waals surface area contributed by atoms with Crippen molar-refractivity contribution < 1.29 is 19.1 Å². The number of imide groups is 1. The van der Waals surface area contributed by atoms with Gasteiger partial charge >= 0.3 is 5.97 Å². The van der Waals surface area contributed by atoms with Gasteiger partial charge in [-0.1, -0.05) is 11.6 Å². The van der Waals surface area contributed by atoms with Gasteiger partial charge in [-0.25, -0.2) is 4.79 Å². The molecule has 0 bridgehead atoms. The number of amides is 2. The van der Waals surface area contributed by atoms with Gasteiger partial charge in [-0.3, -0.25) is 14.5 Å². The summed E-state index contributed by atoms with van der Waals surface area (Å²) in [5, 5.41) is 0.508. The summed E-state index contributed by atoms with van der Waals surface area (Å²) in [6.45, 7) is 0.292. The highest BCUT2D eigenvalue weighted by molar-refractivity contribution is 6.30. The fraction of sp³-hybridized carbons (Fsp3) is 0.208. The van der Waals surface area contributed by atoms with E-state index in [1.54, 1.807) is 36.4 Å². The molecular weight excluding hydrogens is 416 g/mol. The Balaban J connectivity index is 1.46. The molecule has 4 rings (SSSR count). The molecule has 1 saturated heterocycles. The summed E-state index contributed by atoms with van der Waals surface area (Å²) >= 11 is 5.88. The van der Waals surface area contributed by atoms with Crippen molar-refractivity contribution in [1.29, 1.82) is 0 Å². The summed E-state index contributed by atoms with van der Waals surface area (Å²) < 4.78 is 7.45. The van der Waals surface area contributed by atoms with E-state index in [1.165, 1.54) is 4.90 Å². The van der Waals surface area contributed by atoms with Crippen molar-refractivity contribution in [3.63, 3.8) is 0 Å². The van der Waals surface area contributed by atoms with E-state index in [0.717, 1.165) is 5.69 Å². The maximum atomic E-state index is 13.0. The van der Waals surface area contributed by atoms with E-state index in [4.69, 9.17) is 16.3 Å². The zero-order chi connectivity index (χ0) is 21.8. The van der Waals surface area contributed by atoms with Crippen LogP contribution in [-0.2, 0) is 9.53 Å². The number of benzene rings is 2. The second kappa shape index (κ2) is 9.18. The molecule has 7 heteroatoms. The number of hydrogen-bond acceptors (Lipinski definition) is 4. The number of esters is 1. The summed E-state index contributed by atoms with van der Waals surface area (Å²) in [5.74, 6) is -1.49. The van der Waals surface area contributed by atoms with Crippen molar-refractivity contribution in [3.05, 3.63) is 89.2 Å². The Kier molecular flexibility index (Phi) is 6.18. The lowest BCUT2D eigenvalue weighted by atomic mass is 10.1. The van der Waals surface area contributed by atoms with Gasteiger partial charge in [-0.2, -0.15) is 0 Å². The minimum atomic E-state index is -0.990. The van der Waals surface area contributed by atoms with Gasteiger partial charge in [0.15, 0.2) is 6.10 Å². The lowest BCUT2D eigenvalue weighted by molar-refractivity contribution is -0.137. The third kappa shape index (κ3) is 4.70. The van der Waals surface area contributed by atoms with E-state index < -0.39 is 23.9 Å². The minimum absolute atomic E-state index is 0.292. The quantitative estimate of drug-likeness (QED) is 0.445. The molecular formula is C24H21ClN2O4. The molecule has 158 valence electrons. The number of nitrogens with zero attached hydrogens (tertiary/aromatic N) is 2. The van der Waals surface area contributed by atoms with Crippen molar-refractivity contribution in [1.82, 2.24) is 9.47 Å². The van der Waals surface area contributed by atoms with E-state index >= 15 is 0 Å². The van der Waals surface area contributed by atoms with Crippen molar-refractivity contribution in [2.45, 2.75) is 25.4 Å². The minimum Gasteiger partial charge on any atom is -0.449 e. The zero-order valence-electron chi connectivity index (χ0n) is 16.7. The highest BCUT2D eigenvalue weighted by Gasteiger charge is 2.34. The number of halogens is 1. The number of aromatic nitrogens is 1. The van der Waals surface area contributed by atoms with Gasteiger partial charge in [0.2, 0.25) is 0 Å². The van der Waals surface area contributed by atoms with Gasteiger partial charge in [0, 0.05) is 35.2 Å². The fourth-order valence-electron chi connectivity index (χ4n) is 3.54. The van der Waals surface area contributed by atoms with Crippen molar-refractivity contribution in [2.75, 3.05) is 6.54 Å². The van der Waals surface area contributed by atoms with Crippen LogP contribution >= 0.6 is 11.6 Å². The van der Waals surface area contributed by atoms with E-state index in [1.807, 2.05) is 41.2 Å². The van der Waals surface area contributed by atoms with Crippen LogP contribution in [0, 0.1) is 0 Å². The number of likely N-dealkylation sites (tertiary alicyclic amines) is 1. The van der Waals surface area contributed by atoms with E-state index in [-0.39, 0.29) is 0 Å². The molecule has 0 radical (unpaired) electrons. The maximum absolute atomic E-state index is 13.0. The Morgan fingerprint density at radius 3 is 2.23 bits per heavy atom. The van der Waals surface area contributed by atoms with Crippen molar-refractivity contribution >= 4 is 29.4 Å². The standard InChI is InChI=1S/C24H21ClN2O4/c25-19-10-6-17(7-11-19)22(28)27-16-2-1-5-21(23(27)29)31-24(30)18-8-12-20(13-9-18)26-14-3-4-15-26/h3-4,6-15,21H,1-2,5,16H2. The predicted molar refractivity (Wildman–Crippen MR) is 116 cm³/mol. The average molecular weight is 437 g/mol. The first-order valence-electron chi connectivity index (χ1n) is 10.1. The number of ether oxygens (including phenoxy) is 1. The molecule has 1 aliphatic heterocycles. The molecule has 1 aromatic heterocycles. The molecule has 0 saturated carbocycles. The molecule has 1 aliphatic rings. The molecule has 2 aromatic carbocycles. The summed E-state index contributed by atoms with van der Waals surface area (Å²) in [5.41, 5.74) is 1.63. The molecule has 2 amide bonds. The van der Waals surface area contributed by atoms with Gasteiger partial charge in [0.1, 0.15) is 0 Å². The summed E-state index contributed by atoms with van der Waals surface area (Å²) in [4.78, 5) is 39.7. The summed E-state index contributed by atoms with van der Waals surface area (Å²) in [6, 6.07) is 17.1. The Bertz CT molecular complexity index is 1080. The van der Waals surface area contributed by atoms with Crippen LogP contribution < -0.4 is 0 Å². The van der Waals surface area contributed by atoms with Gasteiger partial charge < -0.3 is 9.30 Å². The second-order valence-corrected chi connectivity index (χ2v) is 7.77. The molecule has 3 aromatic rings. The van der Waals surface area contributed by atoms with Gasteiger partial charge in [0.25, 0.3) is 11.8 Å². The van der Waals surface area contributed by atoms with Gasteiger partial charge in [-0.05, 0) is 79.9 Å². The smallest absolute Gasteiger partial charge is 0.338 e.